The highest BCUT2D eigenvalue weighted by atomic mass is 32.2. The molecule has 1 heterocycles. The van der Waals surface area contributed by atoms with Gasteiger partial charge in [-0.1, -0.05) is 36.0 Å². The van der Waals surface area contributed by atoms with Crippen LogP contribution >= 0.6 is 11.8 Å². The zero-order valence-electron chi connectivity index (χ0n) is 16.6. The Morgan fingerprint density at radius 2 is 1.87 bits per heavy atom. The number of ether oxygens (including phenoxy) is 2. The fourth-order valence-corrected chi connectivity index (χ4v) is 3.25. The molecule has 1 aromatic heterocycles. The van der Waals surface area contributed by atoms with Gasteiger partial charge in [-0.25, -0.2) is 4.79 Å². The second-order valence-electron chi connectivity index (χ2n) is 6.09. The van der Waals surface area contributed by atoms with Gasteiger partial charge in [-0.05, 0) is 43.3 Å². The normalized spacial score (nSPS) is 10.3. The smallest absolute Gasteiger partial charge is 0.340 e. The Balaban J connectivity index is 1.60. The zero-order valence-corrected chi connectivity index (χ0v) is 17.4. The van der Waals surface area contributed by atoms with E-state index >= 15 is 0 Å². The summed E-state index contributed by atoms with van der Waals surface area (Å²) in [6.45, 7) is 2.00. The summed E-state index contributed by atoms with van der Waals surface area (Å²) in [6, 6.07) is 18.0. The number of nitrogens with one attached hydrogen (secondary N) is 1. The quantitative estimate of drug-likeness (QED) is 0.432. The summed E-state index contributed by atoms with van der Waals surface area (Å²) in [7, 11) is 1.61. The molecule has 0 saturated carbocycles. The standard InChI is InChI=1S/C22H21N3O4S/c1-3-29-22(27)17-9-4-5-10-19(17)23-20(26)14-30-21-12-11-18(24-25-21)15-7-6-8-16(13-15)28-2/h4-13H,3,14H2,1-2H3,(H,23,26). The molecule has 0 radical (unpaired) electrons. The van der Waals surface area contributed by atoms with Gasteiger partial charge >= 0.3 is 5.97 Å². The zero-order chi connectivity index (χ0) is 21.3. The van der Waals surface area contributed by atoms with Crippen molar-refractivity contribution in [3.63, 3.8) is 0 Å². The lowest BCUT2D eigenvalue weighted by Gasteiger charge is -2.10. The minimum Gasteiger partial charge on any atom is -0.497 e. The number of carbonyl (C=O) groups is 2. The second kappa shape index (κ2) is 10.4. The summed E-state index contributed by atoms with van der Waals surface area (Å²) in [5, 5.41) is 11.8. The van der Waals surface area contributed by atoms with Crippen LogP contribution in [0.2, 0.25) is 0 Å². The fraction of sp³-hybridized carbons (Fsp3) is 0.182. The highest BCUT2D eigenvalue weighted by Crippen LogP contribution is 2.23. The van der Waals surface area contributed by atoms with Gasteiger partial charge in [0.05, 0.1) is 36.4 Å². The van der Waals surface area contributed by atoms with Gasteiger partial charge in [-0.15, -0.1) is 10.2 Å². The van der Waals surface area contributed by atoms with Crippen molar-refractivity contribution in [2.45, 2.75) is 11.9 Å². The number of nitrogens with zero attached hydrogens (tertiary/aromatic N) is 2. The van der Waals surface area contributed by atoms with Crippen LogP contribution in [-0.4, -0.2) is 41.5 Å². The maximum atomic E-state index is 12.3. The lowest BCUT2D eigenvalue weighted by Crippen LogP contribution is -2.17. The van der Waals surface area contributed by atoms with Crippen LogP contribution in [0.3, 0.4) is 0 Å². The van der Waals surface area contributed by atoms with Crippen LogP contribution in [0.25, 0.3) is 11.3 Å². The number of hydrogen-bond acceptors (Lipinski definition) is 7. The topological polar surface area (TPSA) is 90.4 Å². The van der Waals surface area contributed by atoms with E-state index in [4.69, 9.17) is 9.47 Å². The molecule has 30 heavy (non-hydrogen) atoms. The molecule has 154 valence electrons. The average molecular weight is 423 g/mol. The number of thioether (sulfide) groups is 1. The van der Waals surface area contributed by atoms with Crippen LogP contribution < -0.4 is 10.1 Å². The third-order valence-electron chi connectivity index (χ3n) is 4.05. The number of methoxy groups -OCH3 is 1. The van der Waals surface area contributed by atoms with E-state index in [1.165, 1.54) is 11.8 Å². The van der Waals surface area contributed by atoms with Gasteiger partial charge in [0.25, 0.3) is 0 Å². The Morgan fingerprint density at radius 1 is 1.03 bits per heavy atom. The van der Waals surface area contributed by atoms with Gasteiger partial charge in [0.1, 0.15) is 10.8 Å². The summed E-state index contributed by atoms with van der Waals surface area (Å²) in [4.78, 5) is 24.3. The van der Waals surface area contributed by atoms with Crippen molar-refractivity contribution in [1.29, 1.82) is 0 Å². The van der Waals surface area contributed by atoms with Gasteiger partial charge in [0, 0.05) is 5.56 Å². The van der Waals surface area contributed by atoms with Crippen molar-refractivity contribution in [1.82, 2.24) is 10.2 Å². The molecule has 0 bridgehead atoms. The maximum Gasteiger partial charge on any atom is 0.340 e. The van der Waals surface area contributed by atoms with E-state index in [1.54, 1.807) is 38.3 Å². The summed E-state index contributed by atoms with van der Waals surface area (Å²) < 4.78 is 10.2. The van der Waals surface area contributed by atoms with Crippen molar-refractivity contribution >= 4 is 29.3 Å². The van der Waals surface area contributed by atoms with Crippen LogP contribution in [0.15, 0.2) is 65.7 Å². The Bertz CT molecular complexity index is 1020. The Morgan fingerprint density at radius 3 is 2.60 bits per heavy atom. The predicted octanol–water partition coefficient (Wildman–Crippen LogP) is 4.06. The number of benzene rings is 2. The second-order valence-corrected chi connectivity index (χ2v) is 7.09. The van der Waals surface area contributed by atoms with Crippen molar-refractivity contribution in [3.8, 4) is 17.0 Å². The first-order valence-electron chi connectivity index (χ1n) is 9.27. The van der Waals surface area contributed by atoms with E-state index in [1.807, 2.05) is 36.4 Å². The number of amides is 1. The molecule has 0 aliphatic carbocycles. The largest absolute Gasteiger partial charge is 0.497 e. The average Bonchev–Trinajstić information content (AvgIpc) is 2.78. The molecule has 0 spiro atoms. The SMILES string of the molecule is CCOC(=O)c1ccccc1NC(=O)CSc1ccc(-c2cccc(OC)c2)nn1. The Labute approximate surface area is 178 Å². The lowest BCUT2D eigenvalue weighted by atomic mass is 10.1. The molecule has 1 N–H and O–H groups in total. The number of aromatic nitrogens is 2. The molecule has 3 aromatic rings. The molecule has 0 atom stereocenters. The predicted molar refractivity (Wildman–Crippen MR) is 116 cm³/mol. The van der Waals surface area contributed by atoms with Crippen molar-refractivity contribution in [2.75, 3.05) is 24.8 Å². The van der Waals surface area contributed by atoms with E-state index < -0.39 is 5.97 Å². The minimum atomic E-state index is -0.472. The van der Waals surface area contributed by atoms with Crippen molar-refractivity contribution in [2.24, 2.45) is 0 Å². The first-order chi connectivity index (χ1) is 14.6. The van der Waals surface area contributed by atoms with Gasteiger partial charge in [-0.2, -0.15) is 0 Å². The monoisotopic (exact) mass is 423 g/mol. The van der Waals surface area contributed by atoms with E-state index in [0.29, 0.717) is 22.0 Å². The number of hydrogen-bond donors (Lipinski definition) is 1. The van der Waals surface area contributed by atoms with Crippen LogP contribution in [-0.2, 0) is 9.53 Å². The Hall–Kier alpha value is -3.39. The van der Waals surface area contributed by atoms with Gasteiger partial charge in [-0.3, -0.25) is 4.79 Å². The molecule has 8 heteroatoms. The number of rotatable bonds is 8. The molecule has 0 aliphatic heterocycles. The highest BCUT2D eigenvalue weighted by molar-refractivity contribution is 7.99. The first kappa shape index (κ1) is 21.3. The van der Waals surface area contributed by atoms with Crippen molar-refractivity contribution < 1.29 is 19.1 Å². The molecule has 1 amide bonds. The van der Waals surface area contributed by atoms with Crippen LogP contribution in [0, 0.1) is 0 Å². The van der Waals surface area contributed by atoms with Gasteiger partial charge in [0.15, 0.2) is 0 Å². The van der Waals surface area contributed by atoms with E-state index in [0.717, 1.165) is 11.3 Å². The molecule has 2 aromatic carbocycles. The van der Waals surface area contributed by atoms with E-state index in [-0.39, 0.29) is 18.3 Å². The molecule has 0 fully saturated rings. The molecular formula is C22H21N3O4S. The van der Waals surface area contributed by atoms with Gasteiger partial charge in [0.2, 0.25) is 5.91 Å². The summed E-state index contributed by atoms with van der Waals surface area (Å²) >= 11 is 1.26. The third kappa shape index (κ3) is 5.57. The van der Waals surface area contributed by atoms with E-state index in [2.05, 4.69) is 15.5 Å². The molecular weight excluding hydrogens is 402 g/mol. The van der Waals surface area contributed by atoms with Crippen LogP contribution in [0.1, 0.15) is 17.3 Å². The molecule has 0 unspecified atom stereocenters. The minimum absolute atomic E-state index is 0.129. The van der Waals surface area contributed by atoms with E-state index in [9.17, 15) is 9.59 Å². The molecule has 0 aliphatic rings. The number of esters is 1. The summed E-state index contributed by atoms with van der Waals surface area (Å²) in [5.74, 6) is 0.146. The maximum absolute atomic E-state index is 12.3. The summed E-state index contributed by atoms with van der Waals surface area (Å²) in [6.07, 6.45) is 0. The third-order valence-corrected chi connectivity index (χ3v) is 4.97. The van der Waals surface area contributed by atoms with Crippen LogP contribution in [0.4, 0.5) is 5.69 Å². The summed E-state index contributed by atoms with van der Waals surface area (Å²) in [5.41, 5.74) is 2.35. The highest BCUT2D eigenvalue weighted by Gasteiger charge is 2.14. The number of anilines is 1. The first-order valence-corrected chi connectivity index (χ1v) is 10.3. The molecule has 3 rings (SSSR count). The number of para-hydroxylation sites is 1. The molecule has 7 nitrogen and oxygen atoms in total. The fourth-order valence-electron chi connectivity index (χ4n) is 2.64. The number of carbonyl (C=O) groups excluding carboxylic acids is 2. The van der Waals surface area contributed by atoms with Crippen molar-refractivity contribution in [3.05, 3.63) is 66.2 Å². The molecule has 0 saturated heterocycles. The van der Waals surface area contributed by atoms with Gasteiger partial charge < -0.3 is 14.8 Å². The lowest BCUT2D eigenvalue weighted by molar-refractivity contribution is -0.113. The van der Waals surface area contributed by atoms with Crippen LogP contribution in [0.5, 0.6) is 5.75 Å². The Kier molecular flexibility index (Phi) is 7.40.